The highest BCUT2D eigenvalue weighted by Gasteiger charge is 2.40. The Bertz CT molecular complexity index is 558. The fourth-order valence-electron chi connectivity index (χ4n) is 3.59. The van der Waals surface area contributed by atoms with Crippen LogP contribution in [0.4, 0.5) is 0 Å². The molecule has 22 heavy (non-hydrogen) atoms. The monoisotopic (exact) mass is 301 g/mol. The van der Waals surface area contributed by atoms with Gasteiger partial charge in [0, 0.05) is 37.9 Å². The molecule has 1 aromatic heterocycles. The van der Waals surface area contributed by atoms with Crippen LogP contribution in [0.2, 0.25) is 0 Å². The standard InChI is InChI=1S/C17H23N3O2/c1-12(2)20-11-14(10-16(20)21)17(22)19-9-3-4-15(19)13-5-7-18-8-6-13/h5-8,12,14-15H,3-4,9-11H2,1-2H3/t14-,15+/m1/s1. The number of likely N-dealkylation sites (tertiary alicyclic amines) is 2. The third-order valence-corrected chi connectivity index (χ3v) is 4.76. The number of nitrogens with zero attached hydrogens (tertiary/aromatic N) is 3. The Labute approximate surface area is 131 Å². The van der Waals surface area contributed by atoms with Gasteiger partial charge in [-0.1, -0.05) is 0 Å². The minimum absolute atomic E-state index is 0.105. The van der Waals surface area contributed by atoms with Crippen molar-refractivity contribution >= 4 is 11.8 Å². The van der Waals surface area contributed by atoms with Gasteiger partial charge < -0.3 is 9.80 Å². The van der Waals surface area contributed by atoms with Gasteiger partial charge >= 0.3 is 0 Å². The molecule has 0 N–H and O–H groups in total. The lowest BCUT2D eigenvalue weighted by atomic mass is 10.0. The van der Waals surface area contributed by atoms with Crippen LogP contribution in [0.3, 0.4) is 0 Å². The Morgan fingerprint density at radius 2 is 2.05 bits per heavy atom. The number of rotatable bonds is 3. The Morgan fingerprint density at radius 1 is 1.32 bits per heavy atom. The van der Waals surface area contributed by atoms with E-state index in [0.29, 0.717) is 13.0 Å². The van der Waals surface area contributed by atoms with Crippen LogP contribution in [0.5, 0.6) is 0 Å². The number of carbonyl (C=O) groups excluding carboxylic acids is 2. The molecule has 1 aromatic rings. The van der Waals surface area contributed by atoms with Gasteiger partial charge in [-0.2, -0.15) is 0 Å². The second-order valence-corrected chi connectivity index (χ2v) is 6.51. The highest BCUT2D eigenvalue weighted by Crippen LogP contribution is 2.34. The summed E-state index contributed by atoms with van der Waals surface area (Å²) in [5.74, 6) is 0.0566. The second kappa shape index (κ2) is 6.07. The van der Waals surface area contributed by atoms with Crippen LogP contribution in [0, 0.1) is 5.92 Å². The van der Waals surface area contributed by atoms with Crippen molar-refractivity contribution in [3.8, 4) is 0 Å². The summed E-state index contributed by atoms with van der Waals surface area (Å²) in [7, 11) is 0. The van der Waals surface area contributed by atoms with Crippen LogP contribution in [-0.2, 0) is 9.59 Å². The molecule has 3 heterocycles. The molecule has 2 aliphatic rings. The van der Waals surface area contributed by atoms with E-state index < -0.39 is 0 Å². The lowest BCUT2D eigenvalue weighted by Gasteiger charge is -2.28. The summed E-state index contributed by atoms with van der Waals surface area (Å²) in [6.07, 6.45) is 5.92. The van der Waals surface area contributed by atoms with E-state index in [1.807, 2.05) is 35.8 Å². The van der Waals surface area contributed by atoms with Crippen LogP contribution in [0.25, 0.3) is 0 Å². The minimum Gasteiger partial charge on any atom is -0.339 e. The molecule has 5 heteroatoms. The molecule has 2 atom stereocenters. The third-order valence-electron chi connectivity index (χ3n) is 4.76. The van der Waals surface area contributed by atoms with Crippen molar-refractivity contribution in [3.63, 3.8) is 0 Å². The molecule has 0 saturated carbocycles. The molecule has 0 aromatic carbocycles. The molecular weight excluding hydrogens is 278 g/mol. The average Bonchev–Trinajstić information content (AvgIpc) is 3.14. The van der Waals surface area contributed by atoms with Crippen LogP contribution < -0.4 is 0 Å². The Kier molecular flexibility index (Phi) is 4.14. The van der Waals surface area contributed by atoms with Gasteiger partial charge in [-0.3, -0.25) is 14.6 Å². The Hall–Kier alpha value is -1.91. The summed E-state index contributed by atoms with van der Waals surface area (Å²) in [6, 6.07) is 4.27. The highest BCUT2D eigenvalue weighted by molar-refractivity contribution is 5.89. The van der Waals surface area contributed by atoms with Gasteiger partial charge in [-0.15, -0.1) is 0 Å². The molecule has 0 unspecified atom stereocenters. The molecule has 2 amide bonds. The predicted octanol–water partition coefficient (Wildman–Crippen LogP) is 2.00. The quantitative estimate of drug-likeness (QED) is 0.858. The first kappa shape index (κ1) is 15.0. The van der Waals surface area contributed by atoms with Gasteiger partial charge in [0.05, 0.1) is 12.0 Å². The maximum atomic E-state index is 12.9. The maximum absolute atomic E-state index is 12.9. The van der Waals surface area contributed by atoms with Gasteiger partial charge in [0.1, 0.15) is 0 Å². The summed E-state index contributed by atoms with van der Waals surface area (Å²) >= 11 is 0. The normalized spacial score (nSPS) is 25.3. The first-order chi connectivity index (χ1) is 10.6. The molecule has 0 aliphatic carbocycles. The Balaban J connectivity index is 1.73. The largest absolute Gasteiger partial charge is 0.339 e. The van der Waals surface area contributed by atoms with Crippen LogP contribution >= 0.6 is 0 Å². The molecule has 118 valence electrons. The molecule has 0 spiro atoms. The van der Waals surface area contributed by atoms with Crippen molar-refractivity contribution in [3.05, 3.63) is 30.1 Å². The van der Waals surface area contributed by atoms with Gasteiger partial charge in [0.25, 0.3) is 0 Å². The molecule has 3 rings (SSSR count). The van der Waals surface area contributed by atoms with Crippen molar-refractivity contribution < 1.29 is 9.59 Å². The lowest BCUT2D eigenvalue weighted by Crippen LogP contribution is -2.38. The highest BCUT2D eigenvalue weighted by atomic mass is 16.2. The summed E-state index contributed by atoms with van der Waals surface area (Å²) in [4.78, 5) is 32.8. The maximum Gasteiger partial charge on any atom is 0.228 e. The minimum atomic E-state index is -0.183. The topological polar surface area (TPSA) is 53.5 Å². The molecule has 5 nitrogen and oxygen atoms in total. The van der Waals surface area contributed by atoms with E-state index in [2.05, 4.69) is 4.98 Å². The van der Waals surface area contributed by atoms with Crippen molar-refractivity contribution in [2.24, 2.45) is 5.92 Å². The molecular formula is C17H23N3O2. The van der Waals surface area contributed by atoms with Crippen molar-refractivity contribution in [1.29, 1.82) is 0 Å². The third kappa shape index (κ3) is 2.72. The van der Waals surface area contributed by atoms with Crippen LogP contribution in [0.15, 0.2) is 24.5 Å². The molecule has 2 aliphatic heterocycles. The Morgan fingerprint density at radius 3 is 2.68 bits per heavy atom. The molecule has 0 radical (unpaired) electrons. The zero-order chi connectivity index (χ0) is 15.7. The van der Waals surface area contributed by atoms with E-state index in [1.165, 1.54) is 0 Å². The summed E-state index contributed by atoms with van der Waals surface area (Å²) in [5, 5.41) is 0. The summed E-state index contributed by atoms with van der Waals surface area (Å²) < 4.78 is 0. The van der Waals surface area contributed by atoms with Crippen molar-refractivity contribution in [2.45, 2.75) is 45.2 Å². The number of hydrogen-bond donors (Lipinski definition) is 0. The zero-order valence-electron chi connectivity index (χ0n) is 13.2. The predicted molar refractivity (Wildman–Crippen MR) is 82.9 cm³/mol. The fourth-order valence-corrected chi connectivity index (χ4v) is 3.59. The van der Waals surface area contributed by atoms with Crippen molar-refractivity contribution in [1.82, 2.24) is 14.8 Å². The van der Waals surface area contributed by atoms with Crippen molar-refractivity contribution in [2.75, 3.05) is 13.1 Å². The average molecular weight is 301 g/mol. The van der Waals surface area contributed by atoms with Gasteiger partial charge in [-0.25, -0.2) is 0 Å². The van der Waals surface area contributed by atoms with E-state index >= 15 is 0 Å². The summed E-state index contributed by atoms with van der Waals surface area (Å²) in [6.45, 7) is 5.36. The van der Waals surface area contributed by atoms with E-state index in [-0.39, 0.29) is 29.8 Å². The van der Waals surface area contributed by atoms with Gasteiger partial charge in [0.2, 0.25) is 11.8 Å². The van der Waals surface area contributed by atoms with Gasteiger partial charge in [-0.05, 0) is 44.4 Å². The second-order valence-electron chi connectivity index (χ2n) is 6.51. The van der Waals surface area contributed by atoms with Crippen LogP contribution in [-0.4, -0.2) is 45.7 Å². The molecule has 2 fully saturated rings. The molecule has 2 saturated heterocycles. The lowest BCUT2D eigenvalue weighted by molar-refractivity contribution is -0.136. The van der Waals surface area contributed by atoms with E-state index in [4.69, 9.17) is 0 Å². The number of pyridine rings is 1. The van der Waals surface area contributed by atoms with E-state index in [0.717, 1.165) is 24.9 Å². The smallest absolute Gasteiger partial charge is 0.228 e. The number of amides is 2. The number of aromatic nitrogens is 1. The summed E-state index contributed by atoms with van der Waals surface area (Å²) in [5.41, 5.74) is 1.14. The van der Waals surface area contributed by atoms with Gasteiger partial charge in [0.15, 0.2) is 0 Å². The van der Waals surface area contributed by atoms with E-state index in [1.54, 1.807) is 12.4 Å². The first-order valence-corrected chi connectivity index (χ1v) is 8.08. The number of carbonyl (C=O) groups is 2. The fraction of sp³-hybridized carbons (Fsp3) is 0.588. The SMILES string of the molecule is CC(C)N1C[C@H](C(=O)N2CCC[C@H]2c2ccncc2)CC1=O. The first-order valence-electron chi connectivity index (χ1n) is 8.08. The van der Waals surface area contributed by atoms with Crippen LogP contribution in [0.1, 0.15) is 44.7 Å². The van der Waals surface area contributed by atoms with E-state index in [9.17, 15) is 9.59 Å². The molecule has 0 bridgehead atoms. The number of hydrogen-bond acceptors (Lipinski definition) is 3. The zero-order valence-corrected chi connectivity index (χ0v) is 13.2.